The molecule has 1 aliphatic heterocycles. The predicted octanol–water partition coefficient (Wildman–Crippen LogP) is 4.69. The highest BCUT2D eigenvalue weighted by Gasteiger charge is 2.33. The number of methoxy groups -OCH3 is 2. The molecule has 2 aromatic carbocycles. The van der Waals surface area contributed by atoms with Gasteiger partial charge in [-0.1, -0.05) is 6.07 Å². The van der Waals surface area contributed by atoms with Crippen LogP contribution in [0.3, 0.4) is 0 Å². The van der Waals surface area contributed by atoms with Crippen LogP contribution in [0, 0.1) is 0 Å². The second kappa shape index (κ2) is 11.3. The molecule has 7 nitrogen and oxygen atoms in total. The molecule has 3 aromatic rings. The molecule has 0 N–H and O–H groups in total. The highest BCUT2D eigenvalue weighted by molar-refractivity contribution is 7.10. The van der Waals surface area contributed by atoms with Crippen molar-refractivity contribution >= 4 is 23.2 Å². The lowest BCUT2D eigenvalue weighted by Crippen LogP contribution is -2.43. The van der Waals surface area contributed by atoms with Crippen LogP contribution in [0.4, 0.5) is 0 Å². The Morgan fingerprint density at radius 3 is 2.46 bits per heavy atom. The normalized spacial score (nSPS) is 14.7. The second-order valence-corrected chi connectivity index (χ2v) is 9.10. The highest BCUT2D eigenvalue weighted by Crippen LogP contribution is 2.38. The Bertz CT molecular complexity index is 1160. The molecule has 0 aliphatic carbocycles. The SMILES string of the molecule is CCOC(=O)c1ccc(OC[C@@H]2c3cc(OC)c(OC)cc3CCN2C(=O)Cc2cccs2)cc1. The van der Waals surface area contributed by atoms with Crippen molar-refractivity contribution in [2.24, 2.45) is 0 Å². The number of amides is 1. The van der Waals surface area contributed by atoms with Gasteiger partial charge in [0, 0.05) is 11.4 Å². The molecule has 1 aromatic heterocycles. The minimum absolute atomic E-state index is 0.0548. The third-order valence-electron chi connectivity index (χ3n) is 6.00. The maximum atomic E-state index is 13.3. The number of thiophene rings is 1. The largest absolute Gasteiger partial charge is 0.493 e. The molecule has 184 valence electrons. The maximum Gasteiger partial charge on any atom is 0.338 e. The van der Waals surface area contributed by atoms with Gasteiger partial charge in [0.2, 0.25) is 5.91 Å². The van der Waals surface area contributed by atoms with Gasteiger partial charge < -0.3 is 23.8 Å². The summed E-state index contributed by atoms with van der Waals surface area (Å²) < 4.78 is 22.2. The van der Waals surface area contributed by atoms with E-state index >= 15 is 0 Å². The molecule has 2 heterocycles. The van der Waals surface area contributed by atoms with E-state index in [1.165, 1.54) is 0 Å². The smallest absolute Gasteiger partial charge is 0.338 e. The summed E-state index contributed by atoms with van der Waals surface area (Å²) in [6, 6.07) is 14.4. The zero-order valence-electron chi connectivity index (χ0n) is 20.1. The van der Waals surface area contributed by atoms with Gasteiger partial charge in [-0.25, -0.2) is 4.79 Å². The van der Waals surface area contributed by atoms with Crippen LogP contribution in [0.2, 0.25) is 0 Å². The van der Waals surface area contributed by atoms with Crippen LogP contribution in [0.5, 0.6) is 17.2 Å². The number of hydrogen-bond acceptors (Lipinski definition) is 7. The molecular weight excluding hydrogens is 466 g/mol. The van der Waals surface area contributed by atoms with Crippen molar-refractivity contribution in [3.8, 4) is 17.2 Å². The van der Waals surface area contributed by atoms with E-state index in [9.17, 15) is 9.59 Å². The number of benzene rings is 2. The third-order valence-corrected chi connectivity index (χ3v) is 6.88. The molecule has 35 heavy (non-hydrogen) atoms. The highest BCUT2D eigenvalue weighted by atomic mass is 32.1. The predicted molar refractivity (Wildman–Crippen MR) is 134 cm³/mol. The minimum Gasteiger partial charge on any atom is -0.493 e. The average Bonchev–Trinajstić information content (AvgIpc) is 3.39. The Kier molecular flexibility index (Phi) is 7.92. The molecule has 0 saturated carbocycles. The molecule has 1 atom stereocenters. The summed E-state index contributed by atoms with van der Waals surface area (Å²) in [5, 5.41) is 1.98. The number of fused-ring (bicyclic) bond motifs is 1. The molecule has 4 rings (SSSR count). The van der Waals surface area contributed by atoms with Gasteiger partial charge in [0.15, 0.2) is 11.5 Å². The van der Waals surface area contributed by atoms with Crippen LogP contribution in [0.25, 0.3) is 0 Å². The molecular formula is C27H29NO6S. The Labute approximate surface area is 209 Å². The molecule has 0 spiro atoms. The van der Waals surface area contributed by atoms with Crippen molar-refractivity contribution in [1.82, 2.24) is 4.90 Å². The lowest BCUT2D eigenvalue weighted by Gasteiger charge is -2.37. The summed E-state index contributed by atoms with van der Waals surface area (Å²) in [5.74, 6) is 1.57. The number of hydrogen-bond donors (Lipinski definition) is 0. The number of ether oxygens (including phenoxy) is 4. The zero-order chi connectivity index (χ0) is 24.8. The minimum atomic E-state index is -0.369. The molecule has 0 radical (unpaired) electrons. The van der Waals surface area contributed by atoms with E-state index < -0.39 is 0 Å². The third kappa shape index (κ3) is 5.59. The van der Waals surface area contributed by atoms with Gasteiger partial charge in [0.05, 0.1) is 38.9 Å². The Balaban J connectivity index is 1.59. The van der Waals surface area contributed by atoms with Gasteiger partial charge in [-0.05, 0) is 72.3 Å². The standard InChI is InChI=1S/C27H29NO6S/c1-4-33-27(30)18-7-9-20(10-8-18)34-17-23-22-16-25(32-3)24(31-2)14-19(22)11-12-28(23)26(29)15-21-6-5-13-35-21/h5-10,13-14,16,23H,4,11-12,15,17H2,1-3H3/t23-/m1/s1. The van der Waals surface area contributed by atoms with Gasteiger partial charge >= 0.3 is 5.97 Å². The van der Waals surface area contributed by atoms with E-state index in [0.717, 1.165) is 22.4 Å². The van der Waals surface area contributed by atoms with Crippen molar-refractivity contribution in [2.45, 2.75) is 25.8 Å². The van der Waals surface area contributed by atoms with Gasteiger partial charge in [-0.3, -0.25) is 4.79 Å². The fraction of sp³-hybridized carbons (Fsp3) is 0.333. The number of carbonyl (C=O) groups is 2. The fourth-order valence-electron chi connectivity index (χ4n) is 4.25. The quantitative estimate of drug-likeness (QED) is 0.401. The van der Waals surface area contributed by atoms with E-state index in [-0.39, 0.29) is 24.5 Å². The first-order chi connectivity index (χ1) is 17.0. The first-order valence-electron chi connectivity index (χ1n) is 11.5. The maximum absolute atomic E-state index is 13.3. The van der Waals surface area contributed by atoms with Crippen LogP contribution in [0.1, 0.15) is 39.3 Å². The average molecular weight is 496 g/mol. The summed E-state index contributed by atoms with van der Waals surface area (Å²) >= 11 is 1.58. The summed E-state index contributed by atoms with van der Waals surface area (Å²) in [6.45, 7) is 2.94. The van der Waals surface area contributed by atoms with Crippen molar-refractivity contribution in [3.05, 3.63) is 75.5 Å². The van der Waals surface area contributed by atoms with Crippen molar-refractivity contribution in [2.75, 3.05) is 34.0 Å². The van der Waals surface area contributed by atoms with Crippen molar-refractivity contribution in [1.29, 1.82) is 0 Å². The second-order valence-electron chi connectivity index (χ2n) is 8.07. The monoisotopic (exact) mass is 495 g/mol. The van der Waals surface area contributed by atoms with Crippen LogP contribution >= 0.6 is 11.3 Å². The number of rotatable bonds is 9. The molecule has 8 heteroatoms. The zero-order valence-corrected chi connectivity index (χ0v) is 20.9. The first kappa shape index (κ1) is 24.6. The Morgan fingerprint density at radius 1 is 1.06 bits per heavy atom. The van der Waals surface area contributed by atoms with E-state index in [4.69, 9.17) is 18.9 Å². The van der Waals surface area contributed by atoms with Gasteiger partial charge in [0.25, 0.3) is 0 Å². The van der Waals surface area contributed by atoms with Crippen LogP contribution in [-0.4, -0.2) is 50.8 Å². The summed E-state index contributed by atoms with van der Waals surface area (Å²) in [7, 11) is 3.22. The lowest BCUT2D eigenvalue weighted by molar-refractivity contribution is -0.134. The molecule has 0 bridgehead atoms. The van der Waals surface area contributed by atoms with Crippen LogP contribution in [0.15, 0.2) is 53.9 Å². The van der Waals surface area contributed by atoms with Crippen molar-refractivity contribution in [3.63, 3.8) is 0 Å². The van der Waals surface area contributed by atoms with E-state index in [1.54, 1.807) is 56.7 Å². The van der Waals surface area contributed by atoms with Crippen LogP contribution in [-0.2, 0) is 22.4 Å². The topological polar surface area (TPSA) is 74.3 Å². The lowest BCUT2D eigenvalue weighted by atomic mass is 9.91. The molecule has 1 amide bonds. The summed E-state index contributed by atoms with van der Waals surface area (Å²) in [5.41, 5.74) is 2.55. The van der Waals surface area contributed by atoms with Gasteiger partial charge in [-0.2, -0.15) is 0 Å². The van der Waals surface area contributed by atoms with Crippen molar-refractivity contribution < 1.29 is 28.5 Å². The number of nitrogens with zero attached hydrogens (tertiary/aromatic N) is 1. The number of carbonyl (C=O) groups excluding carboxylic acids is 2. The molecule has 0 saturated heterocycles. The molecule has 0 fully saturated rings. The molecule has 0 unspecified atom stereocenters. The van der Waals surface area contributed by atoms with E-state index in [1.807, 2.05) is 34.5 Å². The first-order valence-corrected chi connectivity index (χ1v) is 12.4. The van der Waals surface area contributed by atoms with E-state index in [2.05, 4.69) is 0 Å². The van der Waals surface area contributed by atoms with Crippen LogP contribution < -0.4 is 14.2 Å². The summed E-state index contributed by atoms with van der Waals surface area (Å²) in [6.07, 6.45) is 1.07. The molecule has 1 aliphatic rings. The Hall–Kier alpha value is -3.52. The number of esters is 1. The van der Waals surface area contributed by atoms with Gasteiger partial charge in [-0.15, -0.1) is 11.3 Å². The summed E-state index contributed by atoms with van der Waals surface area (Å²) in [4.78, 5) is 28.2. The fourth-order valence-corrected chi connectivity index (χ4v) is 4.94. The van der Waals surface area contributed by atoms with Gasteiger partial charge in [0.1, 0.15) is 12.4 Å². The van der Waals surface area contributed by atoms with E-state index in [0.29, 0.717) is 42.4 Å². The Morgan fingerprint density at radius 2 is 1.80 bits per heavy atom.